The summed E-state index contributed by atoms with van der Waals surface area (Å²) in [5.41, 5.74) is 5.79. The number of nitrogens with zero attached hydrogens (tertiary/aromatic N) is 5. The van der Waals surface area contributed by atoms with Gasteiger partial charge in [-0.3, -0.25) is 11.3 Å². The standard InChI is InChI=1S/C14H23N7/c1-5-12-11(6-10(4)19-20-12)13(18-15)7-14-16-8-17-21(14)9(2)3/h6,8-9,13,18H,5,7,15H2,1-4H3. The van der Waals surface area contributed by atoms with Crippen LogP contribution in [0.4, 0.5) is 0 Å². The predicted molar refractivity (Wildman–Crippen MR) is 80.3 cm³/mol. The van der Waals surface area contributed by atoms with Crippen molar-refractivity contribution in [3.63, 3.8) is 0 Å². The molecule has 2 aromatic heterocycles. The third-order valence-corrected chi connectivity index (χ3v) is 3.46. The highest BCUT2D eigenvalue weighted by Gasteiger charge is 2.19. The van der Waals surface area contributed by atoms with Gasteiger partial charge in [0.15, 0.2) is 0 Å². The molecule has 1 atom stereocenters. The number of nitrogens with two attached hydrogens (primary N) is 1. The van der Waals surface area contributed by atoms with Crippen molar-refractivity contribution in [2.45, 2.75) is 52.6 Å². The lowest BCUT2D eigenvalue weighted by Crippen LogP contribution is -2.31. The second-order valence-corrected chi connectivity index (χ2v) is 5.38. The molecule has 0 saturated carbocycles. The van der Waals surface area contributed by atoms with Crippen molar-refractivity contribution in [2.75, 3.05) is 0 Å². The normalized spacial score (nSPS) is 12.9. The van der Waals surface area contributed by atoms with Gasteiger partial charge in [0.2, 0.25) is 0 Å². The van der Waals surface area contributed by atoms with Crippen molar-refractivity contribution in [1.82, 2.24) is 30.4 Å². The Kier molecular flexibility index (Phi) is 4.98. The van der Waals surface area contributed by atoms with E-state index in [2.05, 4.69) is 46.5 Å². The number of nitrogens with one attached hydrogen (secondary N) is 1. The molecule has 0 radical (unpaired) electrons. The summed E-state index contributed by atoms with van der Waals surface area (Å²) in [6.45, 7) is 8.16. The number of hydrogen-bond donors (Lipinski definition) is 2. The quantitative estimate of drug-likeness (QED) is 0.614. The van der Waals surface area contributed by atoms with Crippen LogP contribution in [0.25, 0.3) is 0 Å². The van der Waals surface area contributed by atoms with E-state index in [-0.39, 0.29) is 12.1 Å². The van der Waals surface area contributed by atoms with Gasteiger partial charge in [0.05, 0.1) is 17.4 Å². The maximum Gasteiger partial charge on any atom is 0.138 e. The van der Waals surface area contributed by atoms with Crippen LogP contribution in [0.3, 0.4) is 0 Å². The average Bonchev–Trinajstić information content (AvgIpc) is 2.93. The lowest BCUT2D eigenvalue weighted by Gasteiger charge is -2.19. The summed E-state index contributed by atoms with van der Waals surface area (Å²) < 4.78 is 1.91. The van der Waals surface area contributed by atoms with E-state index in [4.69, 9.17) is 5.84 Å². The van der Waals surface area contributed by atoms with Crippen LogP contribution in [0, 0.1) is 6.92 Å². The van der Waals surface area contributed by atoms with Gasteiger partial charge >= 0.3 is 0 Å². The summed E-state index contributed by atoms with van der Waals surface area (Å²) in [6.07, 6.45) is 3.06. The van der Waals surface area contributed by atoms with Crippen LogP contribution >= 0.6 is 0 Å². The van der Waals surface area contributed by atoms with E-state index in [9.17, 15) is 0 Å². The molecule has 2 rings (SSSR count). The lowest BCUT2D eigenvalue weighted by atomic mass is 10.0. The predicted octanol–water partition coefficient (Wildman–Crippen LogP) is 1.27. The van der Waals surface area contributed by atoms with Crippen molar-refractivity contribution in [2.24, 2.45) is 5.84 Å². The van der Waals surface area contributed by atoms with Gasteiger partial charge in [0.25, 0.3) is 0 Å². The zero-order valence-electron chi connectivity index (χ0n) is 13.0. The molecule has 0 aliphatic rings. The Hall–Kier alpha value is -1.86. The highest BCUT2D eigenvalue weighted by molar-refractivity contribution is 5.25. The zero-order chi connectivity index (χ0) is 15.4. The van der Waals surface area contributed by atoms with E-state index in [0.29, 0.717) is 6.42 Å². The maximum absolute atomic E-state index is 5.77. The van der Waals surface area contributed by atoms with E-state index in [0.717, 1.165) is 29.2 Å². The van der Waals surface area contributed by atoms with Crippen molar-refractivity contribution >= 4 is 0 Å². The Balaban J connectivity index is 2.32. The van der Waals surface area contributed by atoms with Gasteiger partial charge in [-0.25, -0.2) is 9.67 Å². The molecule has 2 aromatic rings. The summed E-state index contributed by atoms with van der Waals surface area (Å²) >= 11 is 0. The summed E-state index contributed by atoms with van der Waals surface area (Å²) in [6, 6.07) is 2.24. The molecule has 0 bridgehead atoms. The molecule has 7 heteroatoms. The van der Waals surface area contributed by atoms with Gasteiger partial charge in [-0.05, 0) is 38.8 Å². The molecule has 0 aliphatic heterocycles. The molecule has 0 fully saturated rings. The Morgan fingerprint density at radius 2 is 2.10 bits per heavy atom. The van der Waals surface area contributed by atoms with Gasteiger partial charge in [0, 0.05) is 12.5 Å². The fourth-order valence-corrected chi connectivity index (χ4v) is 2.40. The fraction of sp³-hybridized carbons (Fsp3) is 0.571. The van der Waals surface area contributed by atoms with Crippen molar-refractivity contribution in [3.05, 3.63) is 35.2 Å². The first-order chi connectivity index (χ1) is 10.1. The van der Waals surface area contributed by atoms with Crippen LogP contribution < -0.4 is 11.3 Å². The highest BCUT2D eigenvalue weighted by atomic mass is 15.3. The van der Waals surface area contributed by atoms with Crippen LogP contribution in [-0.2, 0) is 12.8 Å². The molecule has 0 aliphatic carbocycles. The van der Waals surface area contributed by atoms with Crippen molar-refractivity contribution < 1.29 is 0 Å². The Morgan fingerprint density at radius 1 is 1.33 bits per heavy atom. The highest BCUT2D eigenvalue weighted by Crippen LogP contribution is 2.21. The molecular formula is C14H23N7. The van der Waals surface area contributed by atoms with E-state index in [1.807, 2.05) is 17.7 Å². The molecule has 2 heterocycles. The van der Waals surface area contributed by atoms with Crippen molar-refractivity contribution in [1.29, 1.82) is 0 Å². The van der Waals surface area contributed by atoms with Gasteiger partial charge in [-0.15, -0.1) is 0 Å². The molecule has 0 spiro atoms. The fourth-order valence-electron chi connectivity index (χ4n) is 2.40. The summed E-state index contributed by atoms with van der Waals surface area (Å²) in [7, 11) is 0. The first-order valence-corrected chi connectivity index (χ1v) is 7.24. The summed E-state index contributed by atoms with van der Waals surface area (Å²) in [5.74, 6) is 6.67. The van der Waals surface area contributed by atoms with Crippen LogP contribution in [0.2, 0.25) is 0 Å². The Bertz CT molecular complexity index is 591. The van der Waals surface area contributed by atoms with Gasteiger partial charge in [0.1, 0.15) is 12.2 Å². The third kappa shape index (κ3) is 3.43. The van der Waals surface area contributed by atoms with E-state index in [1.54, 1.807) is 6.33 Å². The monoisotopic (exact) mass is 289 g/mol. The van der Waals surface area contributed by atoms with Crippen LogP contribution in [-0.4, -0.2) is 25.0 Å². The summed E-state index contributed by atoms with van der Waals surface area (Å²) in [4.78, 5) is 4.35. The first-order valence-electron chi connectivity index (χ1n) is 7.24. The molecule has 1 unspecified atom stereocenters. The van der Waals surface area contributed by atoms with Gasteiger partial charge < -0.3 is 0 Å². The number of hydrogen-bond acceptors (Lipinski definition) is 6. The zero-order valence-corrected chi connectivity index (χ0v) is 13.0. The smallest absolute Gasteiger partial charge is 0.138 e. The minimum absolute atomic E-state index is 0.0594. The second-order valence-electron chi connectivity index (χ2n) is 5.38. The minimum atomic E-state index is -0.0594. The van der Waals surface area contributed by atoms with E-state index in [1.165, 1.54) is 0 Å². The second kappa shape index (κ2) is 6.73. The number of aromatic nitrogens is 5. The molecule has 3 N–H and O–H groups in total. The number of aryl methyl sites for hydroxylation is 2. The Morgan fingerprint density at radius 3 is 2.71 bits per heavy atom. The summed E-state index contributed by atoms with van der Waals surface area (Å²) in [5, 5.41) is 12.6. The van der Waals surface area contributed by atoms with Gasteiger partial charge in [-0.2, -0.15) is 15.3 Å². The first kappa shape index (κ1) is 15.5. The molecule has 0 amide bonds. The number of rotatable bonds is 6. The molecule has 7 nitrogen and oxygen atoms in total. The molecule has 114 valence electrons. The molecular weight excluding hydrogens is 266 g/mol. The Labute approximate surface area is 125 Å². The largest absolute Gasteiger partial charge is 0.271 e. The molecule has 21 heavy (non-hydrogen) atoms. The third-order valence-electron chi connectivity index (χ3n) is 3.46. The van der Waals surface area contributed by atoms with E-state index < -0.39 is 0 Å². The minimum Gasteiger partial charge on any atom is -0.271 e. The average molecular weight is 289 g/mol. The van der Waals surface area contributed by atoms with Crippen molar-refractivity contribution in [3.8, 4) is 0 Å². The lowest BCUT2D eigenvalue weighted by molar-refractivity contribution is 0.465. The van der Waals surface area contributed by atoms with Gasteiger partial charge in [-0.1, -0.05) is 6.92 Å². The van der Waals surface area contributed by atoms with Crippen LogP contribution in [0.15, 0.2) is 12.4 Å². The number of hydrazine groups is 1. The maximum atomic E-state index is 5.77. The molecule has 0 aromatic carbocycles. The molecule has 0 saturated heterocycles. The SMILES string of the molecule is CCc1nnc(C)cc1C(Cc1ncnn1C(C)C)NN. The van der Waals surface area contributed by atoms with E-state index >= 15 is 0 Å². The topological polar surface area (TPSA) is 94.5 Å². The van der Waals surface area contributed by atoms with Crippen LogP contribution in [0.1, 0.15) is 55.6 Å². The van der Waals surface area contributed by atoms with Crippen LogP contribution in [0.5, 0.6) is 0 Å².